The van der Waals surface area contributed by atoms with Gasteiger partial charge in [0.25, 0.3) is 5.91 Å². The summed E-state index contributed by atoms with van der Waals surface area (Å²) < 4.78 is 5.08. The zero-order chi connectivity index (χ0) is 19.0. The van der Waals surface area contributed by atoms with Crippen molar-refractivity contribution in [2.75, 3.05) is 19.6 Å². The molecule has 5 heteroatoms. The van der Waals surface area contributed by atoms with E-state index in [9.17, 15) is 4.79 Å². The van der Waals surface area contributed by atoms with Crippen LogP contribution in [0.1, 0.15) is 66.9 Å². The lowest BCUT2D eigenvalue weighted by Crippen LogP contribution is -2.63. The van der Waals surface area contributed by atoms with Crippen molar-refractivity contribution in [3.05, 3.63) is 54.2 Å². The highest BCUT2D eigenvalue weighted by atomic mass is 16.3. The number of furan rings is 1. The number of pyridine rings is 1. The van der Waals surface area contributed by atoms with Gasteiger partial charge in [-0.3, -0.25) is 14.7 Å². The van der Waals surface area contributed by atoms with Gasteiger partial charge in [-0.05, 0) is 49.4 Å². The maximum Gasteiger partial charge on any atom is 0.257 e. The van der Waals surface area contributed by atoms with E-state index in [4.69, 9.17) is 4.42 Å². The summed E-state index contributed by atoms with van der Waals surface area (Å²) in [5, 5.41) is 0. The van der Waals surface area contributed by atoms with E-state index in [1.807, 2.05) is 17.3 Å². The van der Waals surface area contributed by atoms with Crippen molar-refractivity contribution in [1.82, 2.24) is 14.8 Å². The molecular formula is C23H29N3O2. The molecule has 0 aromatic carbocycles. The van der Waals surface area contributed by atoms with Crippen molar-refractivity contribution < 1.29 is 9.21 Å². The van der Waals surface area contributed by atoms with Crippen LogP contribution in [-0.4, -0.2) is 46.4 Å². The fraction of sp³-hybridized carbons (Fsp3) is 0.565. The molecule has 1 unspecified atom stereocenters. The smallest absolute Gasteiger partial charge is 0.257 e. The molecule has 1 spiro atoms. The van der Waals surface area contributed by atoms with E-state index in [1.54, 1.807) is 18.6 Å². The van der Waals surface area contributed by atoms with E-state index in [2.05, 4.69) is 22.0 Å². The second kappa shape index (κ2) is 7.36. The number of carbonyl (C=O) groups excluding carboxylic acids is 1. The first kappa shape index (κ1) is 17.9. The lowest BCUT2D eigenvalue weighted by Gasteiger charge is -2.63. The van der Waals surface area contributed by atoms with Gasteiger partial charge in [0.1, 0.15) is 6.26 Å². The van der Waals surface area contributed by atoms with Crippen LogP contribution < -0.4 is 0 Å². The molecular weight excluding hydrogens is 350 g/mol. The number of likely N-dealkylation sites (tertiary alicyclic amines) is 2. The van der Waals surface area contributed by atoms with Crippen LogP contribution in [0.25, 0.3) is 0 Å². The first-order valence-corrected chi connectivity index (χ1v) is 10.7. The van der Waals surface area contributed by atoms with E-state index in [0.717, 1.165) is 25.9 Å². The fourth-order valence-electron chi connectivity index (χ4n) is 5.87. The monoisotopic (exact) mass is 379 g/mol. The minimum atomic E-state index is 0.102. The van der Waals surface area contributed by atoms with Crippen LogP contribution in [0.15, 0.2) is 47.5 Å². The van der Waals surface area contributed by atoms with Crippen LogP contribution in [0.2, 0.25) is 0 Å². The van der Waals surface area contributed by atoms with Gasteiger partial charge in [0.05, 0.1) is 11.8 Å². The minimum Gasteiger partial charge on any atom is -0.472 e. The van der Waals surface area contributed by atoms with E-state index >= 15 is 0 Å². The molecule has 5 nitrogen and oxygen atoms in total. The Hall–Kier alpha value is -2.14. The number of rotatable bonds is 3. The number of hydrogen-bond acceptors (Lipinski definition) is 4. The van der Waals surface area contributed by atoms with Crippen molar-refractivity contribution in [2.45, 2.75) is 57.0 Å². The van der Waals surface area contributed by atoms with Crippen LogP contribution in [0.3, 0.4) is 0 Å². The summed E-state index contributed by atoms with van der Waals surface area (Å²) in [6.07, 6.45) is 16.0. The zero-order valence-electron chi connectivity index (χ0n) is 16.4. The number of amides is 1. The van der Waals surface area contributed by atoms with Gasteiger partial charge in [-0.1, -0.05) is 19.3 Å². The van der Waals surface area contributed by atoms with E-state index in [1.165, 1.54) is 44.2 Å². The highest BCUT2D eigenvalue weighted by Gasteiger charge is 2.55. The second-order valence-corrected chi connectivity index (χ2v) is 8.81. The largest absolute Gasteiger partial charge is 0.472 e. The van der Waals surface area contributed by atoms with Crippen LogP contribution in [0.5, 0.6) is 0 Å². The molecule has 3 aliphatic rings. The summed E-state index contributed by atoms with van der Waals surface area (Å²) in [6.45, 7) is 2.89. The molecule has 1 atom stereocenters. The third-order valence-corrected chi connectivity index (χ3v) is 7.27. The summed E-state index contributed by atoms with van der Waals surface area (Å²) in [4.78, 5) is 21.6. The van der Waals surface area contributed by atoms with Crippen LogP contribution in [-0.2, 0) is 0 Å². The Kier molecular flexibility index (Phi) is 4.71. The predicted molar refractivity (Wildman–Crippen MR) is 107 cm³/mol. The van der Waals surface area contributed by atoms with E-state index in [0.29, 0.717) is 23.1 Å². The van der Waals surface area contributed by atoms with Crippen molar-refractivity contribution in [1.29, 1.82) is 0 Å². The quantitative estimate of drug-likeness (QED) is 0.798. The topological polar surface area (TPSA) is 49.6 Å². The molecule has 5 rings (SSSR count). The third kappa shape index (κ3) is 3.06. The number of aromatic nitrogens is 1. The number of hydrogen-bond donors (Lipinski definition) is 0. The first-order chi connectivity index (χ1) is 13.8. The normalized spacial score (nSPS) is 25.6. The van der Waals surface area contributed by atoms with Crippen LogP contribution >= 0.6 is 0 Å². The molecule has 3 fully saturated rings. The van der Waals surface area contributed by atoms with Gasteiger partial charge in [0, 0.05) is 49.5 Å². The van der Waals surface area contributed by atoms with Crippen molar-refractivity contribution >= 4 is 5.91 Å². The van der Waals surface area contributed by atoms with E-state index < -0.39 is 0 Å². The molecule has 4 heterocycles. The Morgan fingerprint density at radius 3 is 2.50 bits per heavy atom. The highest BCUT2D eigenvalue weighted by Crippen LogP contribution is 2.58. The molecule has 0 N–H and O–H groups in total. The second-order valence-electron chi connectivity index (χ2n) is 8.81. The average Bonchev–Trinajstić information content (AvgIpc) is 3.28. The SMILES string of the molecule is O=C(c1ccoc1)N1CCC(N2CC3(CCCCC3)C2c2ccncc2)CC1. The van der Waals surface area contributed by atoms with Gasteiger partial charge in [0.15, 0.2) is 0 Å². The predicted octanol–water partition coefficient (Wildman–Crippen LogP) is 4.29. The summed E-state index contributed by atoms with van der Waals surface area (Å²) in [5.41, 5.74) is 2.56. The van der Waals surface area contributed by atoms with Gasteiger partial charge in [-0.2, -0.15) is 0 Å². The van der Waals surface area contributed by atoms with Gasteiger partial charge < -0.3 is 9.32 Å². The Balaban J connectivity index is 1.29. The molecule has 2 aromatic rings. The molecule has 0 bridgehead atoms. The maximum atomic E-state index is 12.6. The van der Waals surface area contributed by atoms with Crippen molar-refractivity contribution in [3.63, 3.8) is 0 Å². The van der Waals surface area contributed by atoms with Gasteiger partial charge in [-0.25, -0.2) is 0 Å². The Bertz CT molecular complexity index is 791. The zero-order valence-corrected chi connectivity index (χ0v) is 16.4. The Morgan fingerprint density at radius 1 is 1.07 bits per heavy atom. The van der Waals surface area contributed by atoms with Gasteiger partial charge in [-0.15, -0.1) is 0 Å². The lowest BCUT2D eigenvalue weighted by molar-refractivity contribution is -0.132. The van der Waals surface area contributed by atoms with Gasteiger partial charge >= 0.3 is 0 Å². The minimum absolute atomic E-state index is 0.102. The molecule has 1 saturated carbocycles. The van der Waals surface area contributed by atoms with Crippen molar-refractivity contribution in [2.24, 2.45) is 5.41 Å². The molecule has 1 amide bonds. The molecule has 2 aliphatic heterocycles. The molecule has 1 aliphatic carbocycles. The molecule has 2 saturated heterocycles. The maximum absolute atomic E-state index is 12.6. The average molecular weight is 380 g/mol. The summed E-state index contributed by atoms with van der Waals surface area (Å²) in [6, 6.07) is 7.28. The fourth-order valence-corrected chi connectivity index (χ4v) is 5.87. The van der Waals surface area contributed by atoms with Crippen LogP contribution in [0, 0.1) is 5.41 Å². The molecule has 28 heavy (non-hydrogen) atoms. The molecule has 148 valence electrons. The first-order valence-electron chi connectivity index (χ1n) is 10.7. The summed E-state index contributed by atoms with van der Waals surface area (Å²) >= 11 is 0. The van der Waals surface area contributed by atoms with Crippen LogP contribution in [0.4, 0.5) is 0 Å². The molecule has 2 aromatic heterocycles. The summed E-state index contributed by atoms with van der Waals surface area (Å²) in [5.74, 6) is 0.102. The number of nitrogens with zero attached hydrogens (tertiary/aromatic N) is 3. The van der Waals surface area contributed by atoms with E-state index in [-0.39, 0.29) is 5.91 Å². The summed E-state index contributed by atoms with van der Waals surface area (Å²) in [7, 11) is 0. The van der Waals surface area contributed by atoms with Gasteiger partial charge in [0.2, 0.25) is 0 Å². The third-order valence-electron chi connectivity index (χ3n) is 7.27. The Morgan fingerprint density at radius 2 is 1.82 bits per heavy atom. The lowest BCUT2D eigenvalue weighted by atomic mass is 9.60. The standard InChI is InChI=1S/C23H29N3O2/c27-22(19-8-15-28-16-19)25-13-6-20(7-14-25)26-17-23(9-2-1-3-10-23)21(26)18-4-11-24-12-5-18/h4-5,8,11-12,15-16,20-21H,1-3,6-7,9-10,13-14,17H2. The Labute approximate surface area is 166 Å². The van der Waals surface area contributed by atoms with Crippen molar-refractivity contribution in [3.8, 4) is 0 Å². The number of piperidine rings is 1. The number of carbonyl (C=O) groups is 1. The highest BCUT2D eigenvalue weighted by molar-refractivity contribution is 5.93. The molecule has 0 radical (unpaired) electrons.